The Bertz CT molecular complexity index is 401. The Morgan fingerprint density at radius 2 is 2.06 bits per heavy atom. The van der Waals surface area contributed by atoms with E-state index in [4.69, 9.17) is 0 Å². The molecule has 84 valence electrons. The maximum atomic E-state index is 10.8. The van der Waals surface area contributed by atoms with Gasteiger partial charge >= 0.3 is 0 Å². The average molecular weight is 235 g/mol. The number of carbonyl (C=O) groups excluding carboxylic acids is 1. The van der Waals surface area contributed by atoms with Gasteiger partial charge in [-0.15, -0.1) is 5.10 Å². The van der Waals surface area contributed by atoms with Crippen LogP contribution >= 0.6 is 11.8 Å². The lowest BCUT2D eigenvalue weighted by Gasteiger charge is -1.99. The van der Waals surface area contributed by atoms with Gasteiger partial charge < -0.3 is 5.32 Å². The SMILES string of the molecule is CS/C(=N/N=C/c1ccccc1)NC(C)=O. The van der Waals surface area contributed by atoms with Crippen molar-refractivity contribution >= 4 is 29.1 Å². The highest BCUT2D eigenvalue weighted by atomic mass is 32.2. The van der Waals surface area contributed by atoms with E-state index in [2.05, 4.69) is 15.5 Å². The minimum atomic E-state index is -0.150. The second-order valence-corrected chi connectivity index (χ2v) is 3.74. The van der Waals surface area contributed by atoms with Gasteiger partial charge in [0.2, 0.25) is 5.91 Å². The zero-order valence-corrected chi connectivity index (χ0v) is 9.99. The molecule has 0 saturated carbocycles. The third-order valence-corrected chi connectivity index (χ3v) is 2.20. The number of nitrogens with one attached hydrogen (secondary N) is 1. The van der Waals surface area contributed by atoms with E-state index < -0.39 is 0 Å². The second-order valence-electron chi connectivity index (χ2n) is 2.95. The van der Waals surface area contributed by atoms with E-state index in [0.717, 1.165) is 5.56 Å². The summed E-state index contributed by atoms with van der Waals surface area (Å²) >= 11 is 1.34. The van der Waals surface area contributed by atoms with E-state index in [1.165, 1.54) is 18.7 Å². The number of benzene rings is 1. The zero-order valence-electron chi connectivity index (χ0n) is 9.18. The van der Waals surface area contributed by atoms with Crippen LogP contribution in [0, 0.1) is 0 Å². The van der Waals surface area contributed by atoms with Gasteiger partial charge in [0.15, 0.2) is 5.17 Å². The minimum Gasteiger partial charge on any atom is -0.304 e. The van der Waals surface area contributed by atoms with Crippen LogP contribution in [-0.4, -0.2) is 23.5 Å². The summed E-state index contributed by atoms with van der Waals surface area (Å²) in [7, 11) is 0. The van der Waals surface area contributed by atoms with Crippen molar-refractivity contribution < 1.29 is 4.79 Å². The van der Waals surface area contributed by atoms with Crippen molar-refractivity contribution in [2.45, 2.75) is 6.92 Å². The van der Waals surface area contributed by atoms with Gasteiger partial charge in [0.25, 0.3) is 0 Å². The number of rotatable bonds is 2. The molecule has 0 heterocycles. The lowest BCUT2D eigenvalue weighted by atomic mass is 10.2. The monoisotopic (exact) mass is 235 g/mol. The Labute approximate surface area is 98.9 Å². The highest BCUT2D eigenvalue weighted by Gasteiger charge is 1.97. The van der Waals surface area contributed by atoms with Crippen LogP contribution in [0.1, 0.15) is 12.5 Å². The standard InChI is InChI=1S/C11H13N3OS/c1-9(15)13-11(16-2)14-12-8-10-6-4-3-5-7-10/h3-8H,1-2H3,(H,13,14,15)/b12-8+. The lowest BCUT2D eigenvalue weighted by molar-refractivity contribution is -0.117. The number of amides is 1. The Morgan fingerprint density at radius 1 is 1.38 bits per heavy atom. The molecule has 0 saturated heterocycles. The fraction of sp³-hybridized carbons (Fsp3) is 0.182. The van der Waals surface area contributed by atoms with Crippen molar-refractivity contribution in [1.82, 2.24) is 5.32 Å². The third kappa shape index (κ3) is 4.75. The molecule has 0 unspecified atom stereocenters. The fourth-order valence-corrected chi connectivity index (χ4v) is 1.33. The molecule has 0 fully saturated rings. The number of hydrogen-bond donors (Lipinski definition) is 1. The molecule has 1 rings (SSSR count). The molecule has 1 amide bonds. The molecular formula is C11H13N3OS. The maximum Gasteiger partial charge on any atom is 0.222 e. The molecule has 5 heteroatoms. The van der Waals surface area contributed by atoms with E-state index in [1.807, 2.05) is 36.6 Å². The Balaban J connectivity index is 2.63. The van der Waals surface area contributed by atoms with Gasteiger partial charge in [-0.2, -0.15) is 5.10 Å². The molecule has 0 aromatic heterocycles. The van der Waals surface area contributed by atoms with Crippen LogP contribution in [0.5, 0.6) is 0 Å². The van der Waals surface area contributed by atoms with Gasteiger partial charge in [0.05, 0.1) is 6.21 Å². The van der Waals surface area contributed by atoms with Crippen LogP contribution in [0.3, 0.4) is 0 Å². The van der Waals surface area contributed by atoms with Gasteiger partial charge in [-0.3, -0.25) is 4.79 Å². The fourth-order valence-electron chi connectivity index (χ4n) is 0.955. The largest absolute Gasteiger partial charge is 0.304 e. The van der Waals surface area contributed by atoms with Crippen LogP contribution in [0.2, 0.25) is 0 Å². The normalized spacial score (nSPS) is 11.8. The van der Waals surface area contributed by atoms with E-state index in [0.29, 0.717) is 5.17 Å². The summed E-state index contributed by atoms with van der Waals surface area (Å²) in [5, 5.41) is 10.8. The van der Waals surface area contributed by atoms with E-state index in [9.17, 15) is 4.79 Å². The summed E-state index contributed by atoms with van der Waals surface area (Å²) < 4.78 is 0. The van der Waals surface area contributed by atoms with Crippen molar-refractivity contribution in [1.29, 1.82) is 0 Å². The molecule has 0 bridgehead atoms. The smallest absolute Gasteiger partial charge is 0.222 e. The third-order valence-electron chi connectivity index (χ3n) is 1.63. The summed E-state index contributed by atoms with van der Waals surface area (Å²) in [5.74, 6) is -0.150. The van der Waals surface area contributed by atoms with Crippen LogP contribution in [0.4, 0.5) is 0 Å². The van der Waals surface area contributed by atoms with Crippen molar-refractivity contribution in [2.24, 2.45) is 10.2 Å². The predicted octanol–water partition coefficient (Wildman–Crippen LogP) is 1.88. The quantitative estimate of drug-likeness (QED) is 0.483. The molecule has 0 spiro atoms. The molecular weight excluding hydrogens is 222 g/mol. The first-order valence-corrected chi connectivity index (χ1v) is 5.92. The van der Waals surface area contributed by atoms with Gasteiger partial charge in [-0.05, 0) is 11.8 Å². The molecule has 0 aliphatic heterocycles. The molecule has 0 aliphatic carbocycles. The number of carbonyl (C=O) groups is 1. The highest BCUT2D eigenvalue weighted by molar-refractivity contribution is 8.13. The molecule has 1 aromatic rings. The van der Waals surface area contributed by atoms with Gasteiger partial charge in [0.1, 0.15) is 0 Å². The van der Waals surface area contributed by atoms with Gasteiger partial charge in [-0.25, -0.2) is 0 Å². The molecule has 0 radical (unpaired) electrons. The van der Waals surface area contributed by atoms with Crippen molar-refractivity contribution in [3.05, 3.63) is 35.9 Å². The van der Waals surface area contributed by atoms with Crippen LogP contribution in [0.25, 0.3) is 0 Å². The van der Waals surface area contributed by atoms with Crippen molar-refractivity contribution in [3.63, 3.8) is 0 Å². The first kappa shape index (κ1) is 12.4. The maximum absolute atomic E-state index is 10.8. The van der Waals surface area contributed by atoms with E-state index >= 15 is 0 Å². The van der Waals surface area contributed by atoms with Crippen LogP contribution < -0.4 is 5.32 Å². The lowest BCUT2D eigenvalue weighted by Crippen LogP contribution is -2.24. The minimum absolute atomic E-state index is 0.150. The highest BCUT2D eigenvalue weighted by Crippen LogP contribution is 1.97. The van der Waals surface area contributed by atoms with E-state index in [-0.39, 0.29) is 5.91 Å². The Morgan fingerprint density at radius 3 is 2.62 bits per heavy atom. The summed E-state index contributed by atoms with van der Waals surface area (Å²) in [4.78, 5) is 10.8. The van der Waals surface area contributed by atoms with Crippen LogP contribution in [-0.2, 0) is 4.79 Å². The molecule has 1 aromatic carbocycles. The zero-order chi connectivity index (χ0) is 11.8. The molecule has 0 atom stereocenters. The predicted molar refractivity (Wildman–Crippen MR) is 68.8 cm³/mol. The van der Waals surface area contributed by atoms with Gasteiger partial charge in [-0.1, -0.05) is 42.1 Å². The summed E-state index contributed by atoms with van der Waals surface area (Å²) in [5.41, 5.74) is 0.967. The van der Waals surface area contributed by atoms with Crippen LogP contribution in [0.15, 0.2) is 40.5 Å². The molecule has 4 nitrogen and oxygen atoms in total. The average Bonchev–Trinajstić information content (AvgIpc) is 2.28. The first-order valence-electron chi connectivity index (χ1n) is 4.70. The number of thioether (sulfide) groups is 1. The van der Waals surface area contributed by atoms with Gasteiger partial charge in [0, 0.05) is 6.92 Å². The Kier molecular flexibility index (Phi) is 5.28. The summed E-state index contributed by atoms with van der Waals surface area (Å²) in [6.07, 6.45) is 3.46. The summed E-state index contributed by atoms with van der Waals surface area (Å²) in [6.45, 7) is 1.44. The van der Waals surface area contributed by atoms with Crippen molar-refractivity contribution in [3.8, 4) is 0 Å². The molecule has 1 N–H and O–H groups in total. The first-order chi connectivity index (χ1) is 7.72. The Hall–Kier alpha value is -1.62. The number of amidine groups is 1. The number of nitrogens with zero attached hydrogens (tertiary/aromatic N) is 2. The second kappa shape index (κ2) is 6.79. The van der Waals surface area contributed by atoms with E-state index in [1.54, 1.807) is 6.21 Å². The summed E-state index contributed by atoms with van der Waals surface area (Å²) in [6, 6.07) is 9.64. The topological polar surface area (TPSA) is 53.8 Å². The molecule has 16 heavy (non-hydrogen) atoms. The molecule has 0 aliphatic rings. The van der Waals surface area contributed by atoms with Crippen molar-refractivity contribution in [2.75, 3.05) is 6.26 Å². The number of hydrogen-bond acceptors (Lipinski definition) is 4.